The second-order valence-corrected chi connectivity index (χ2v) is 7.56. The van der Waals surface area contributed by atoms with Gasteiger partial charge in [0.2, 0.25) is 0 Å². The summed E-state index contributed by atoms with van der Waals surface area (Å²) in [5.74, 6) is 1.19. The van der Waals surface area contributed by atoms with Gasteiger partial charge in [-0.15, -0.1) is 11.3 Å². The Morgan fingerprint density at radius 1 is 1.07 bits per heavy atom. The number of hydrogen-bond donors (Lipinski definition) is 1. The Morgan fingerprint density at radius 3 is 2.55 bits per heavy atom. The van der Waals surface area contributed by atoms with Crippen molar-refractivity contribution in [2.24, 2.45) is 0 Å². The number of nitrogens with zero attached hydrogens (tertiary/aromatic N) is 2. The van der Waals surface area contributed by atoms with Crippen LogP contribution in [0.2, 0.25) is 0 Å². The molecule has 0 aliphatic heterocycles. The normalized spacial score (nSPS) is 10.9. The minimum atomic E-state index is -0.111. The first kappa shape index (κ1) is 19.0. The summed E-state index contributed by atoms with van der Waals surface area (Å²) >= 11 is 1.44. The number of thiophene rings is 1. The van der Waals surface area contributed by atoms with E-state index in [4.69, 9.17) is 9.47 Å². The van der Waals surface area contributed by atoms with E-state index in [9.17, 15) is 4.79 Å². The number of para-hydroxylation sites is 1. The van der Waals surface area contributed by atoms with Crippen molar-refractivity contribution in [3.8, 4) is 17.2 Å². The van der Waals surface area contributed by atoms with E-state index in [1.165, 1.54) is 11.3 Å². The SMILES string of the molecule is COc1ccc(CNC(=O)c2cc3c(C)nn(-c4ccccc4)c3s2)cc1OC. The van der Waals surface area contributed by atoms with Crippen molar-refractivity contribution in [1.82, 2.24) is 15.1 Å². The summed E-state index contributed by atoms with van der Waals surface area (Å²) in [6.07, 6.45) is 0. The van der Waals surface area contributed by atoms with Crippen molar-refractivity contribution in [3.63, 3.8) is 0 Å². The van der Waals surface area contributed by atoms with Crippen molar-refractivity contribution in [3.05, 3.63) is 70.7 Å². The first-order chi connectivity index (χ1) is 14.1. The number of nitrogens with one attached hydrogen (secondary N) is 1. The smallest absolute Gasteiger partial charge is 0.261 e. The molecule has 7 heteroatoms. The van der Waals surface area contributed by atoms with Crippen molar-refractivity contribution < 1.29 is 14.3 Å². The molecule has 2 heterocycles. The lowest BCUT2D eigenvalue weighted by Crippen LogP contribution is -2.21. The maximum absolute atomic E-state index is 12.7. The Kier molecular flexibility index (Phi) is 5.22. The zero-order valence-corrected chi connectivity index (χ0v) is 17.2. The van der Waals surface area contributed by atoms with Crippen LogP contribution in [0.3, 0.4) is 0 Å². The van der Waals surface area contributed by atoms with Gasteiger partial charge in [-0.25, -0.2) is 4.68 Å². The number of carbonyl (C=O) groups is 1. The number of hydrogen-bond acceptors (Lipinski definition) is 5. The van der Waals surface area contributed by atoms with Gasteiger partial charge in [-0.1, -0.05) is 24.3 Å². The average molecular weight is 407 g/mol. The summed E-state index contributed by atoms with van der Waals surface area (Å²) in [4.78, 5) is 14.4. The van der Waals surface area contributed by atoms with E-state index in [0.29, 0.717) is 22.9 Å². The van der Waals surface area contributed by atoms with Gasteiger partial charge in [0, 0.05) is 11.9 Å². The fraction of sp³-hybridized carbons (Fsp3) is 0.182. The van der Waals surface area contributed by atoms with Crippen LogP contribution in [-0.2, 0) is 6.54 Å². The van der Waals surface area contributed by atoms with Crippen LogP contribution in [0.25, 0.3) is 15.9 Å². The Balaban J connectivity index is 1.55. The van der Waals surface area contributed by atoms with Crippen molar-refractivity contribution in [1.29, 1.82) is 0 Å². The fourth-order valence-electron chi connectivity index (χ4n) is 3.16. The molecule has 0 aliphatic carbocycles. The molecule has 148 valence electrons. The lowest BCUT2D eigenvalue weighted by molar-refractivity contribution is 0.0955. The van der Waals surface area contributed by atoms with E-state index >= 15 is 0 Å². The predicted octanol–water partition coefficient (Wildman–Crippen LogP) is 4.34. The molecule has 0 unspecified atom stereocenters. The van der Waals surface area contributed by atoms with Crippen LogP contribution in [-0.4, -0.2) is 29.9 Å². The molecule has 0 aliphatic rings. The molecule has 0 saturated carbocycles. The van der Waals surface area contributed by atoms with Crippen molar-refractivity contribution >= 4 is 27.5 Å². The van der Waals surface area contributed by atoms with Crippen LogP contribution in [0.15, 0.2) is 54.6 Å². The largest absolute Gasteiger partial charge is 0.493 e. The summed E-state index contributed by atoms with van der Waals surface area (Å²) in [6.45, 7) is 2.36. The van der Waals surface area contributed by atoms with Crippen molar-refractivity contribution in [2.75, 3.05) is 14.2 Å². The summed E-state index contributed by atoms with van der Waals surface area (Å²) in [7, 11) is 3.19. The third kappa shape index (κ3) is 3.69. The lowest BCUT2D eigenvalue weighted by Gasteiger charge is -2.10. The number of amides is 1. The molecular weight excluding hydrogens is 386 g/mol. The number of methoxy groups -OCH3 is 2. The van der Waals surface area contributed by atoms with Gasteiger partial charge >= 0.3 is 0 Å². The van der Waals surface area contributed by atoms with Gasteiger partial charge < -0.3 is 14.8 Å². The Labute approximate surface area is 172 Å². The molecule has 1 amide bonds. The maximum atomic E-state index is 12.7. The summed E-state index contributed by atoms with van der Waals surface area (Å²) in [5, 5.41) is 8.59. The zero-order chi connectivity index (χ0) is 20.4. The Bertz CT molecular complexity index is 1160. The highest BCUT2D eigenvalue weighted by atomic mass is 32.1. The standard InChI is InChI=1S/C22H21N3O3S/c1-14-17-12-20(29-22(17)25(24-14)16-7-5-4-6-8-16)21(26)23-13-15-9-10-18(27-2)19(11-15)28-3/h4-12H,13H2,1-3H3,(H,23,26). The van der Waals surface area contributed by atoms with Crippen LogP contribution in [0, 0.1) is 6.92 Å². The summed E-state index contributed by atoms with van der Waals surface area (Å²) < 4.78 is 12.5. The molecule has 4 aromatic rings. The molecule has 1 N–H and O–H groups in total. The molecule has 0 radical (unpaired) electrons. The number of carbonyl (C=O) groups excluding carboxylic acids is 1. The highest BCUT2D eigenvalue weighted by Crippen LogP contribution is 2.31. The number of fused-ring (bicyclic) bond motifs is 1. The molecule has 6 nitrogen and oxygen atoms in total. The fourth-order valence-corrected chi connectivity index (χ4v) is 4.26. The van der Waals surface area contributed by atoms with E-state index in [1.807, 2.05) is 66.2 Å². The number of benzene rings is 2. The van der Waals surface area contributed by atoms with Crippen LogP contribution in [0.4, 0.5) is 0 Å². The molecule has 0 spiro atoms. The van der Waals surface area contributed by atoms with Gasteiger partial charge in [0.05, 0.1) is 30.5 Å². The second-order valence-electron chi connectivity index (χ2n) is 6.53. The van der Waals surface area contributed by atoms with Gasteiger partial charge in [-0.2, -0.15) is 5.10 Å². The summed E-state index contributed by atoms with van der Waals surface area (Å²) in [6, 6.07) is 17.4. The highest BCUT2D eigenvalue weighted by molar-refractivity contribution is 7.20. The molecule has 29 heavy (non-hydrogen) atoms. The average Bonchev–Trinajstić information content (AvgIpc) is 3.33. The monoisotopic (exact) mass is 407 g/mol. The van der Waals surface area contributed by atoms with Gasteiger partial charge in [0.1, 0.15) is 4.83 Å². The van der Waals surface area contributed by atoms with E-state index in [2.05, 4.69) is 10.4 Å². The quantitative estimate of drug-likeness (QED) is 0.516. The number of ether oxygens (including phenoxy) is 2. The predicted molar refractivity (Wildman–Crippen MR) is 114 cm³/mol. The first-order valence-electron chi connectivity index (χ1n) is 9.14. The molecular formula is C22H21N3O3S. The van der Waals surface area contributed by atoms with Crippen LogP contribution >= 0.6 is 11.3 Å². The maximum Gasteiger partial charge on any atom is 0.261 e. The topological polar surface area (TPSA) is 65.4 Å². The third-order valence-corrected chi connectivity index (χ3v) is 5.78. The van der Waals surface area contributed by atoms with E-state index in [1.54, 1.807) is 14.2 Å². The third-order valence-electron chi connectivity index (χ3n) is 4.67. The Morgan fingerprint density at radius 2 is 1.83 bits per heavy atom. The van der Waals surface area contributed by atoms with E-state index in [0.717, 1.165) is 27.2 Å². The molecule has 0 fully saturated rings. The number of rotatable bonds is 6. The molecule has 2 aromatic heterocycles. The van der Waals surface area contributed by atoms with Crippen molar-refractivity contribution in [2.45, 2.75) is 13.5 Å². The molecule has 0 saturated heterocycles. The van der Waals surface area contributed by atoms with Gasteiger partial charge in [0.15, 0.2) is 11.5 Å². The molecule has 0 atom stereocenters. The minimum Gasteiger partial charge on any atom is -0.493 e. The van der Waals surface area contributed by atoms with Crippen LogP contribution in [0.5, 0.6) is 11.5 Å². The molecule has 2 aromatic carbocycles. The van der Waals surface area contributed by atoms with E-state index in [-0.39, 0.29) is 5.91 Å². The zero-order valence-electron chi connectivity index (χ0n) is 16.4. The molecule has 0 bridgehead atoms. The summed E-state index contributed by atoms with van der Waals surface area (Å²) in [5.41, 5.74) is 2.81. The first-order valence-corrected chi connectivity index (χ1v) is 9.96. The number of aryl methyl sites for hydroxylation is 1. The molecule has 4 rings (SSSR count). The number of aromatic nitrogens is 2. The van der Waals surface area contributed by atoms with E-state index < -0.39 is 0 Å². The highest BCUT2D eigenvalue weighted by Gasteiger charge is 2.17. The van der Waals surface area contributed by atoms with Gasteiger partial charge in [-0.05, 0) is 42.8 Å². The minimum absolute atomic E-state index is 0.111. The van der Waals surface area contributed by atoms with Crippen LogP contribution < -0.4 is 14.8 Å². The lowest BCUT2D eigenvalue weighted by atomic mass is 10.2. The second kappa shape index (κ2) is 7.97. The van der Waals surface area contributed by atoms with Gasteiger partial charge in [0.25, 0.3) is 5.91 Å². The van der Waals surface area contributed by atoms with Gasteiger partial charge in [-0.3, -0.25) is 4.79 Å². The Hall–Kier alpha value is -3.32. The van der Waals surface area contributed by atoms with Crippen LogP contribution in [0.1, 0.15) is 20.9 Å².